The zero-order valence-electron chi connectivity index (χ0n) is 19.6. The summed E-state index contributed by atoms with van der Waals surface area (Å²) in [6, 6.07) is 12.3. The minimum atomic E-state index is 0.0782. The zero-order chi connectivity index (χ0) is 23.5. The summed E-state index contributed by atoms with van der Waals surface area (Å²) in [6.45, 7) is 5.98. The number of hydrogen-bond acceptors (Lipinski definition) is 7. The first-order chi connectivity index (χ1) is 16.6. The van der Waals surface area contributed by atoms with Gasteiger partial charge in [0.2, 0.25) is 0 Å². The van der Waals surface area contributed by atoms with Crippen molar-refractivity contribution in [2.45, 2.75) is 64.8 Å². The molecule has 3 heterocycles. The van der Waals surface area contributed by atoms with Gasteiger partial charge in [0.1, 0.15) is 4.83 Å². The normalized spacial score (nSPS) is 15.8. The molecule has 0 fully saturated rings. The molecule has 0 radical (unpaired) electrons. The molecule has 34 heavy (non-hydrogen) atoms. The highest BCUT2D eigenvalue weighted by Crippen LogP contribution is 2.33. The minimum absolute atomic E-state index is 0.0782. The van der Waals surface area contributed by atoms with E-state index >= 15 is 0 Å². The Morgan fingerprint density at radius 2 is 2.15 bits per heavy atom. The van der Waals surface area contributed by atoms with E-state index in [2.05, 4.69) is 15.5 Å². The van der Waals surface area contributed by atoms with E-state index in [9.17, 15) is 4.79 Å². The Balaban J connectivity index is 1.23. The van der Waals surface area contributed by atoms with Crippen LogP contribution in [-0.4, -0.2) is 33.5 Å². The van der Waals surface area contributed by atoms with E-state index in [1.165, 1.54) is 10.4 Å². The van der Waals surface area contributed by atoms with Crippen molar-refractivity contribution in [2.24, 2.45) is 0 Å². The van der Waals surface area contributed by atoms with Gasteiger partial charge in [-0.05, 0) is 45.1 Å². The molecule has 0 saturated carbocycles. The van der Waals surface area contributed by atoms with Gasteiger partial charge >= 0.3 is 0 Å². The first kappa shape index (κ1) is 23.0. The Morgan fingerprint density at radius 3 is 2.97 bits per heavy atom. The molecule has 0 saturated heterocycles. The largest absolute Gasteiger partial charge is 0.379 e. The summed E-state index contributed by atoms with van der Waals surface area (Å²) < 4.78 is 12.9. The molecule has 1 aromatic carbocycles. The third-order valence-electron chi connectivity index (χ3n) is 6.22. The lowest BCUT2D eigenvalue weighted by atomic mass is 9.93. The maximum absolute atomic E-state index is 13.2. The Hall–Kier alpha value is -2.81. The van der Waals surface area contributed by atoms with E-state index in [0.717, 1.165) is 52.9 Å². The van der Waals surface area contributed by atoms with E-state index in [1.807, 2.05) is 50.2 Å². The minimum Gasteiger partial charge on any atom is -0.379 e. The number of nitrogens with one attached hydrogen (secondary N) is 1. The standard InChI is InChI=1S/C26H30N4O3S/c1-17(2)32-12-6-11-30-16-28-25-24(26(30)31)21-10-9-19(14-23(21)34-25)27-15-20-13-22(33-29-20)18-7-4-3-5-8-18/h3-5,7-8,13,16-17,19,27H,6,9-12,14-15H2,1-2H3. The zero-order valence-corrected chi connectivity index (χ0v) is 20.4. The van der Waals surface area contributed by atoms with E-state index in [0.29, 0.717) is 25.7 Å². The summed E-state index contributed by atoms with van der Waals surface area (Å²) >= 11 is 1.66. The first-order valence-corrected chi connectivity index (χ1v) is 12.8. The quantitative estimate of drug-likeness (QED) is 0.355. The highest BCUT2D eigenvalue weighted by molar-refractivity contribution is 7.18. The average molecular weight is 479 g/mol. The predicted molar refractivity (Wildman–Crippen MR) is 134 cm³/mol. The van der Waals surface area contributed by atoms with Crippen LogP contribution >= 0.6 is 11.3 Å². The van der Waals surface area contributed by atoms with E-state index in [4.69, 9.17) is 9.26 Å². The van der Waals surface area contributed by atoms with Crippen LogP contribution in [0.2, 0.25) is 0 Å². The maximum Gasteiger partial charge on any atom is 0.262 e. The van der Waals surface area contributed by atoms with Gasteiger partial charge in [-0.15, -0.1) is 11.3 Å². The van der Waals surface area contributed by atoms with Gasteiger partial charge in [-0.3, -0.25) is 9.36 Å². The maximum atomic E-state index is 13.2. The van der Waals surface area contributed by atoms with Crippen molar-refractivity contribution in [3.63, 3.8) is 0 Å². The number of fused-ring (bicyclic) bond motifs is 3. The van der Waals surface area contributed by atoms with Crippen LogP contribution in [0.5, 0.6) is 0 Å². The number of thiophene rings is 1. The monoisotopic (exact) mass is 478 g/mol. The smallest absolute Gasteiger partial charge is 0.262 e. The lowest BCUT2D eigenvalue weighted by Gasteiger charge is -2.23. The number of benzene rings is 1. The number of aromatic nitrogens is 3. The second kappa shape index (κ2) is 10.2. The van der Waals surface area contributed by atoms with E-state index in [1.54, 1.807) is 22.2 Å². The number of ether oxygens (including phenoxy) is 1. The van der Waals surface area contributed by atoms with Crippen molar-refractivity contribution in [1.82, 2.24) is 20.0 Å². The average Bonchev–Trinajstić information content (AvgIpc) is 3.47. The number of aryl methyl sites for hydroxylation is 2. The van der Waals surface area contributed by atoms with Crippen LogP contribution in [0.25, 0.3) is 21.5 Å². The number of rotatable bonds is 9. The SMILES string of the molecule is CC(C)OCCCn1cnc2sc3c(c2c1=O)CCC(NCc1cc(-c2ccccc2)on1)C3. The molecule has 1 unspecified atom stereocenters. The summed E-state index contributed by atoms with van der Waals surface area (Å²) in [4.78, 5) is 19.9. The van der Waals surface area contributed by atoms with Crippen LogP contribution in [-0.2, 0) is 30.7 Å². The van der Waals surface area contributed by atoms with Gasteiger partial charge in [0.15, 0.2) is 5.76 Å². The van der Waals surface area contributed by atoms with Crippen molar-refractivity contribution in [2.75, 3.05) is 6.61 Å². The highest BCUT2D eigenvalue weighted by atomic mass is 32.1. The summed E-state index contributed by atoms with van der Waals surface area (Å²) in [6.07, 6.45) is 5.47. The fourth-order valence-electron chi connectivity index (χ4n) is 4.47. The Bertz CT molecular complexity index is 1310. The molecule has 3 aromatic heterocycles. The lowest BCUT2D eigenvalue weighted by molar-refractivity contribution is 0.0747. The molecule has 5 rings (SSSR count). The molecule has 8 heteroatoms. The Labute approximate surface area is 202 Å². The van der Waals surface area contributed by atoms with Crippen LogP contribution in [0, 0.1) is 0 Å². The predicted octanol–water partition coefficient (Wildman–Crippen LogP) is 4.58. The third-order valence-corrected chi connectivity index (χ3v) is 7.38. The lowest BCUT2D eigenvalue weighted by Crippen LogP contribution is -2.34. The molecule has 178 valence electrons. The molecule has 4 aromatic rings. The van der Waals surface area contributed by atoms with E-state index < -0.39 is 0 Å². The van der Waals surface area contributed by atoms with Gasteiger partial charge in [-0.1, -0.05) is 35.5 Å². The molecule has 1 atom stereocenters. The van der Waals surface area contributed by atoms with Crippen molar-refractivity contribution in [3.05, 3.63) is 69.2 Å². The van der Waals surface area contributed by atoms with Gasteiger partial charge in [0, 0.05) is 42.2 Å². The van der Waals surface area contributed by atoms with Gasteiger partial charge in [0.05, 0.1) is 23.5 Å². The van der Waals surface area contributed by atoms with Gasteiger partial charge in [-0.25, -0.2) is 4.98 Å². The number of nitrogens with zero attached hydrogens (tertiary/aromatic N) is 3. The molecule has 0 spiro atoms. The van der Waals surface area contributed by atoms with Gasteiger partial charge in [-0.2, -0.15) is 0 Å². The van der Waals surface area contributed by atoms with Gasteiger partial charge in [0.25, 0.3) is 5.56 Å². The van der Waals surface area contributed by atoms with Crippen molar-refractivity contribution in [1.29, 1.82) is 0 Å². The molecule has 0 amide bonds. The van der Waals surface area contributed by atoms with E-state index in [-0.39, 0.29) is 11.7 Å². The summed E-state index contributed by atoms with van der Waals surface area (Å²) in [5, 5.41) is 8.66. The molecular weight excluding hydrogens is 448 g/mol. The van der Waals surface area contributed by atoms with Crippen LogP contribution in [0.3, 0.4) is 0 Å². The molecular formula is C26H30N4O3S. The molecule has 0 aliphatic heterocycles. The van der Waals surface area contributed by atoms with Crippen LogP contribution < -0.4 is 10.9 Å². The fraction of sp³-hybridized carbons (Fsp3) is 0.423. The second-order valence-corrected chi connectivity index (χ2v) is 10.2. The fourth-order valence-corrected chi connectivity index (χ4v) is 5.73. The molecule has 1 aliphatic carbocycles. The Morgan fingerprint density at radius 1 is 1.29 bits per heavy atom. The summed E-state index contributed by atoms with van der Waals surface area (Å²) in [5.74, 6) is 0.783. The second-order valence-electron chi connectivity index (χ2n) is 9.07. The molecule has 1 N–H and O–H groups in total. The number of hydrogen-bond donors (Lipinski definition) is 1. The first-order valence-electron chi connectivity index (χ1n) is 11.9. The molecule has 0 bridgehead atoms. The van der Waals surface area contributed by atoms with Crippen LogP contribution in [0.4, 0.5) is 0 Å². The summed E-state index contributed by atoms with van der Waals surface area (Å²) in [5.41, 5.74) is 3.19. The Kier molecular flexibility index (Phi) is 6.89. The van der Waals surface area contributed by atoms with Crippen LogP contribution in [0.1, 0.15) is 42.8 Å². The van der Waals surface area contributed by atoms with Crippen molar-refractivity contribution >= 4 is 21.6 Å². The third kappa shape index (κ3) is 4.99. The van der Waals surface area contributed by atoms with Crippen LogP contribution in [0.15, 0.2) is 52.0 Å². The highest BCUT2D eigenvalue weighted by Gasteiger charge is 2.25. The van der Waals surface area contributed by atoms with Gasteiger partial charge < -0.3 is 14.6 Å². The molecule has 7 nitrogen and oxygen atoms in total. The summed E-state index contributed by atoms with van der Waals surface area (Å²) in [7, 11) is 0. The van der Waals surface area contributed by atoms with Crippen molar-refractivity contribution in [3.8, 4) is 11.3 Å². The molecule has 1 aliphatic rings. The van der Waals surface area contributed by atoms with Crippen molar-refractivity contribution < 1.29 is 9.26 Å². The topological polar surface area (TPSA) is 82.2 Å².